The van der Waals surface area contributed by atoms with Crippen LogP contribution in [0.15, 0.2) is 29.3 Å². The Morgan fingerprint density at radius 1 is 1.20 bits per heavy atom. The smallest absolute Gasteiger partial charge is 0.261 e. The summed E-state index contributed by atoms with van der Waals surface area (Å²) in [6, 6.07) is 7.54. The molecule has 1 aliphatic heterocycles. The maximum Gasteiger partial charge on any atom is 0.261 e. The highest BCUT2D eigenvalue weighted by molar-refractivity contribution is 14.0. The van der Waals surface area contributed by atoms with E-state index in [0.29, 0.717) is 23.7 Å². The standard InChI is InChI=1S/C18H24N4O2.HI/c1-12-11-15(12)21-18(19-2)20-9-5-6-10-22-16(23)13-7-3-4-8-14(13)17(22)24;/h3-4,7-8,12,15H,5-6,9-11H2,1-2H3,(H2,19,20,21);1H. The number of amides is 2. The Morgan fingerprint density at radius 2 is 1.80 bits per heavy atom. The van der Waals surface area contributed by atoms with Crippen LogP contribution in [0.25, 0.3) is 0 Å². The Bertz CT molecular complexity index is 642. The van der Waals surface area contributed by atoms with Crippen LogP contribution in [0.1, 0.15) is 46.9 Å². The molecule has 1 aliphatic carbocycles. The van der Waals surface area contributed by atoms with Crippen molar-refractivity contribution >= 4 is 41.8 Å². The lowest BCUT2D eigenvalue weighted by Gasteiger charge is -2.14. The SMILES string of the molecule is CN=C(NCCCCN1C(=O)c2ccccc2C1=O)NC1CC1C.I. The molecule has 0 bridgehead atoms. The van der Waals surface area contributed by atoms with E-state index >= 15 is 0 Å². The number of carbonyl (C=O) groups is 2. The second kappa shape index (κ2) is 8.64. The molecule has 2 N–H and O–H groups in total. The Balaban J connectivity index is 0.00000225. The minimum atomic E-state index is -0.177. The van der Waals surface area contributed by atoms with E-state index in [1.807, 2.05) is 0 Å². The van der Waals surface area contributed by atoms with Crippen molar-refractivity contribution in [1.82, 2.24) is 15.5 Å². The van der Waals surface area contributed by atoms with Crippen LogP contribution in [0.5, 0.6) is 0 Å². The van der Waals surface area contributed by atoms with E-state index in [1.165, 1.54) is 11.3 Å². The second-order valence-electron chi connectivity index (χ2n) is 6.48. The number of halogens is 1. The molecule has 2 amide bonds. The highest BCUT2D eigenvalue weighted by Crippen LogP contribution is 2.28. The predicted molar refractivity (Wildman–Crippen MR) is 109 cm³/mol. The molecule has 1 saturated carbocycles. The van der Waals surface area contributed by atoms with Crippen molar-refractivity contribution in [3.63, 3.8) is 0 Å². The first-order valence-corrected chi connectivity index (χ1v) is 8.54. The number of rotatable bonds is 6. The van der Waals surface area contributed by atoms with Crippen molar-refractivity contribution in [3.8, 4) is 0 Å². The molecule has 0 spiro atoms. The largest absolute Gasteiger partial charge is 0.356 e. The molecule has 0 radical (unpaired) electrons. The summed E-state index contributed by atoms with van der Waals surface area (Å²) in [7, 11) is 1.77. The van der Waals surface area contributed by atoms with E-state index in [-0.39, 0.29) is 35.8 Å². The first-order chi connectivity index (χ1) is 11.6. The van der Waals surface area contributed by atoms with Gasteiger partial charge in [-0.3, -0.25) is 19.5 Å². The second-order valence-corrected chi connectivity index (χ2v) is 6.48. The fourth-order valence-electron chi connectivity index (χ4n) is 2.94. The van der Waals surface area contributed by atoms with Crippen molar-refractivity contribution < 1.29 is 9.59 Å². The van der Waals surface area contributed by atoms with Gasteiger partial charge in [-0.2, -0.15) is 0 Å². The van der Waals surface area contributed by atoms with Crippen LogP contribution < -0.4 is 10.6 Å². The number of unbranched alkanes of at least 4 members (excludes halogenated alkanes) is 1. The average Bonchev–Trinajstić information content (AvgIpc) is 3.24. The molecule has 0 aromatic heterocycles. The summed E-state index contributed by atoms with van der Waals surface area (Å²) in [5.41, 5.74) is 1.03. The maximum absolute atomic E-state index is 12.2. The van der Waals surface area contributed by atoms with Crippen LogP contribution in [0.2, 0.25) is 0 Å². The molecule has 136 valence electrons. The summed E-state index contributed by atoms with van der Waals surface area (Å²) in [5, 5.41) is 6.65. The number of carbonyl (C=O) groups excluding carboxylic acids is 2. The minimum absolute atomic E-state index is 0. The average molecular weight is 456 g/mol. The number of nitrogens with zero attached hydrogens (tertiary/aromatic N) is 2. The van der Waals surface area contributed by atoms with Crippen LogP contribution >= 0.6 is 24.0 Å². The third kappa shape index (κ3) is 4.50. The number of aliphatic imine (C=N–C) groups is 1. The van der Waals surface area contributed by atoms with Crippen LogP contribution in [0.4, 0.5) is 0 Å². The van der Waals surface area contributed by atoms with E-state index in [0.717, 1.165) is 31.3 Å². The lowest BCUT2D eigenvalue weighted by Crippen LogP contribution is -2.39. The van der Waals surface area contributed by atoms with Crippen molar-refractivity contribution in [2.24, 2.45) is 10.9 Å². The number of benzene rings is 1. The molecule has 2 aliphatic rings. The molecular weight excluding hydrogens is 431 g/mol. The monoisotopic (exact) mass is 456 g/mol. The molecule has 2 unspecified atom stereocenters. The molecule has 2 atom stereocenters. The van der Waals surface area contributed by atoms with Gasteiger partial charge >= 0.3 is 0 Å². The summed E-state index contributed by atoms with van der Waals surface area (Å²) >= 11 is 0. The molecule has 7 heteroatoms. The highest BCUT2D eigenvalue weighted by Gasteiger charge is 2.34. The van der Waals surface area contributed by atoms with Gasteiger partial charge in [0.2, 0.25) is 0 Å². The zero-order valence-electron chi connectivity index (χ0n) is 14.6. The Morgan fingerprint density at radius 3 is 2.32 bits per heavy atom. The van der Waals surface area contributed by atoms with Crippen LogP contribution in [0.3, 0.4) is 0 Å². The van der Waals surface area contributed by atoms with Crippen molar-refractivity contribution in [2.75, 3.05) is 20.1 Å². The zero-order valence-corrected chi connectivity index (χ0v) is 16.9. The lowest BCUT2D eigenvalue weighted by molar-refractivity contribution is 0.0652. The summed E-state index contributed by atoms with van der Waals surface area (Å²) in [4.78, 5) is 30.0. The molecule has 1 heterocycles. The van der Waals surface area contributed by atoms with Gasteiger partial charge < -0.3 is 10.6 Å². The summed E-state index contributed by atoms with van der Waals surface area (Å²) in [6.07, 6.45) is 2.84. The summed E-state index contributed by atoms with van der Waals surface area (Å²) in [5.74, 6) is 1.19. The van der Waals surface area contributed by atoms with Gasteiger partial charge in [-0.1, -0.05) is 19.1 Å². The van der Waals surface area contributed by atoms with Gasteiger partial charge in [-0.05, 0) is 37.3 Å². The number of hydrogen-bond donors (Lipinski definition) is 2. The Labute approximate surface area is 165 Å². The van der Waals surface area contributed by atoms with E-state index in [2.05, 4.69) is 22.5 Å². The van der Waals surface area contributed by atoms with E-state index in [9.17, 15) is 9.59 Å². The molecule has 6 nitrogen and oxygen atoms in total. The number of hydrogen-bond acceptors (Lipinski definition) is 3. The van der Waals surface area contributed by atoms with Gasteiger partial charge in [0.25, 0.3) is 11.8 Å². The highest BCUT2D eigenvalue weighted by atomic mass is 127. The summed E-state index contributed by atoms with van der Waals surface area (Å²) < 4.78 is 0. The molecular formula is C18H25IN4O2. The first-order valence-electron chi connectivity index (χ1n) is 8.54. The minimum Gasteiger partial charge on any atom is -0.356 e. The number of nitrogens with one attached hydrogen (secondary N) is 2. The maximum atomic E-state index is 12.2. The van der Waals surface area contributed by atoms with E-state index < -0.39 is 0 Å². The van der Waals surface area contributed by atoms with Gasteiger partial charge in [0.05, 0.1) is 11.1 Å². The zero-order chi connectivity index (χ0) is 17.1. The molecule has 3 rings (SSSR count). The normalized spacial score (nSPS) is 21.7. The van der Waals surface area contributed by atoms with Gasteiger partial charge in [0.15, 0.2) is 5.96 Å². The molecule has 0 saturated heterocycles. The van der Waals surface area contributed by atoms with Crippen molar-refractivity contribution in [3.05, 3.63) is 35.4 Å². The van der Waals surface area contributed by atoms with Crippen LogP contribution in [0, 0.1) is 5.92 Å². The first kappa shape index (κ1) is 19.7. The molecule has 25 heavy (non-hydrogen) atoms. The molecule has 1 fully saturated rings. The predicted octanol–water partition coefficient (Wildman–Crippen LogP) is 2.25. The van der Waals surface area contributed by atoms with Crippen molar-refractivity contribution in [2.45, 2.75) is 32.2 Å². The van der Waals surface area contributed by atoms with Crippen LogP contribution in [-0.4, -0.2) is 48.9 Å². The topological polar surface area (TPSA) is 73.8 Å². The van der Waals surface area contributed by atoms with Gasteiger partial charge in [-0.25, -0.2) is 0 Å². The number of guanidine groups is 1. The van der Waals surface area contributed by atoms with Gasteiger partial charge in [0.1, 0.15) is 0 Å². The molecule has 1 aromatic carbocycles. The van der Waals surface area contributed by atoms with E-state index in [4.69, 9.17) is 0 Å². The third-order valence-corrected chi connectivity index (χ3v) is 4.63. The fourth-order valence-corrected chi connectivity index (χ4v) is 2.94. The summed E-state index contributed by atoms with van der Waals surface area (Å²) in [6.45, 7) is 3.44. The van der Waals surface area contributed by atoms with Crippen LogP contribution in [-0.2, 0) is 0 Å². The van der Waals surface area contributed by atoms with Crippen molar-refractivity contribution in [1.29, 1.82) is 0 Å². The van der Waals surface area contributed by atoms with E-state index in [1.54, 1.807) is 31.3 Å². The quantitative estimate of drug-likeness (QED) is 0.227. The van der Waals surface area contributed by atoms with Gasteiger partial charge in [-0.15, -0.1) is 24.0 Å². The van der Waals surface area contributed by atoms with Gasteiger partial charge in [0, 0.05) is 26.2 Å². The molecule has 1 aromatic rings. The number of fused-ring (bicyclic) bond motifs is 1. The lowest BCUT2D eigenvalue weighted by atomic mass is 10.1. The number of imide groups is 1. The Kier molecular flexibility index (Phi) is 6.80. The fraction of sp³-hybridized carbons (Fsp3) is 0.500. The third-order valence-electron chi connectivity index (χ3n) is 4.63. The Hall–Kier alpha value is -1.64.